The largest absolute Gasteiger partial charge is 0.479 e. The number of hydrogen-bond donors (Lipinski definition) is 3. The van der Waals surface area contributed by atoms with Crippen LogP contribution in [0.5, 0.6) is 11.5 Å². The van der Waals surface area contributed by atoms with Gasteiger partial charge in [0.15, 0.2) is 5.54 Å². The van der Waals surface area contributed by atoms with Crippen LogP contribution in [-0.4, -0.2) is 28.7 Å². The van der Waals surface area contributed by atoms with E-state index in [1.807, 2.05) is 18.2 Å². The third-order valence-electron chi connectivity index (χ3n) is 4.27. The Kier molecular flexibility index (Phi) is 5.72. The number of carboxylic acid groups (broad SMARTS) is 1. The SMILES string of the molecule is O=C(NC(CO)(C(=O)O)c1cccc(Oc2ccccc2)c1)c1ccccc1. The minimum Gasteiger partial charge on any atom is -0.479 e. The van der Waals surface area contributed by atoms with E-state index >= 15 is 0 Å². The van der Waals surface area contributed by atoms with Gasteiger partial charge in [0.25, 0.3) is 5.91 Å². The number of aliphatic hydroxyl groups excluding tert-OH is 1. The molecule has 0 saturated carbocycles. The first-order chi connectivity index (χ1) is 13.5. The minimum atomic E-state index is -2.01. The zero-order valence-corrected chi connectivity index (χ0v) is 14.9. The predicted molar refractivity (Wildman–Crippen MR) is 103 cm³/mol. The molecule has 3 aromatic rings. The Morgan fingerprint density at radius 1 is 0.857 bits per heavy atom. The first-order valence-corrected chi connectivity index (χ1v) is 8.60. The van der Waals surface area contributed by atoms with Crippen molar-refractivity contribution in [3.05, 3.63) is 96.1 Å². The smallest absolute Gasteiger partial charge is 0.336 e. The van der Waals surface area contributed by atoms with E-state index in [2.05, 4.69) is 5.32 Å². The van der Waals surface area contributed by atoms with Crippen LogP contribution < -0.4 is 10.1 Å². The van der Waals surface area contributed by atoms with Gasteiger partial charge in [0.2, 0.25) is 0 Å². The highest BCUT2D eigenvalue weighted by molar-refractivity contribution is 5.98. The molecule has 0 fully saturated rings. The van der Waals surface area contributed by atoms with Crippen molar-refractivity contribution in [3.63, 3.8) is 0 Å². The van der Waals surface area contributed by atoms with Gasteiger partial charge in [-0.15, -0.1) is 0 Å². The van der Waals surface area contributed by atoms with Crippen LogP contribution in [0.2, 0.25) is 0 Å². The maximum absolute atomic E-state index is 12.6. The van der Waals surface area contributed by atoms with Gasteiger partial charge >= 0.3 is 5.97 Å². The van der Waals surface area contributed by atoms with Gasteiger partial charge in [-0.2, -0.15) is 0 Å². The van der Waals surface area contributed by atoms with Crippen LogP contribution in [0.15, 0.2) is 84.9 Å². The molecular weight excluding hydrogens is 358 g/mol. The van der Waals surface area contributed by atoms with Gasteiger partial charge in [-0.1, -0.05) is 48.5 Å². The van der Waals surface area contributed by atoms with E-state index < -0.39 is 24.0 Å². The van der Waals surface area contributed by atoms with Gasteiger partial charge in [-0.05, 0) is 42.0 Å². The number of benzene rings is 3. The molecule has 1 amide bonds. The molecule has 0 aliphatic heterocycles. The Bertz CT molecular complexity index is 959. The van der Waals surface area contributed by atoms with E-state index in [4.69, 9.17) is 4.74 Å². The van der Waals surface area contributed by atoms with Crippen molar-refractivity contribution in [3.8, 4) is 11.5 Å². The lowest BCUT2D eigenvalue weighted by Gasteiger charge is -2.29. The molecule has 3 rings (SSSR count). The average molecular weight is 377 g/mol. The number of carbonyl (C=O) groups is 2. The molecule has 0 radical (unpaired) electrons. The number of ether oxygens (including phenoxy) is 1. The van der Waals surface area contributed by atoms with Crippen LogP contribution in [0.25, 0.3) is 0 Å². The van der Waals surface area contributed by atoms with Crippen LogP contribution in [0, 0.1) is 0 Å². The molecule has 3 N–H and O–H groups in total. The van der Waals surface area contributed by atoms with Crippen LogP contribution in [0.4, 0.5) is 0 Å². The molecule has 28 heavy (non-hydrogen) atoms. The standard InChI is InChI=1S/C22H19NO5/c24-15-22(21(26)27,23-20(25)16-8-3-1-4-9-16)17-10-7-13-19(14-17)28-18-11-5-2-6-12-18/h1-14,24H,15H2,(H,23,25)(H,26,27). The predicted octanol–water partition coefficient (Wildman–Crippen LogP) is 3.18. The normalized spacial score (nSPS) is 12.6. The van der Waals surface area contributed by atoms with Gasteiger partial charge in [0, 0.05) is 5.56 Å². The second kappa shape index (κ2) is 8.37. The molecule has 1 unspecified atom stereocenters. The zero-order valence-electron chi connectivity index (χ0n) is 14.9. The molecule has 0 aromatic heterocycles. The number of carbonyl (C=O) groups excluding carboxylic acids is 1. The quantitative estimate of drug-likeness (QED) is 0.588. The van der Waals surface area contributed by atoms with Crippen LogP contribution in [0.3, 0.4) is 0 Å². The summed E-state index contributed by atoms with van der Waals surface area (Å²) in [6.45, 7) is -0.824. The maximum atomic E-state index is 12.6. The molecular formula is C22H19NO5. The summed E-state index contributed by atoms with van der Waals surface area (Å²) in [4.78, 5) is 24.6. The van der Waals surface area contributed by atoms with Crippen molar-refractivity contribution in [2.45, 2.75) is 5.54 Å². The lowest BCUT2D eigenvalue weighted by molar-refractivity contribution is -0.146. The topological polar surface area (TPSA) is 95.9 Å². The van der Waals surface area contributed by atoms with Crippen molar-refractivity contribution >= 4 is 11.9 Å². The monoisotopic (exact) mass is 377 g/mol. The summed E-state index contributed by atoms with van der Waals surface area (Å²) in [7, 11) is 0. The molecule has 1 atom stereocenters. The number of carboxylic acids is 1. The highest BCUT2D eigenvalue weighted by Crippen LogP contribution is 2.28. The van der Waals surface area contributed by atoms with E-state index in [-0.39, 0.29) is 5.56 Å². The van der Waals surface area contributed by atoms with Gasteiger partial charge in [-0.25, -0.2) is 4.79 Å². The number of aliphatic hydroxyl groups is 1. The first kappa shape index (κ1) is 19.1. The fourth-order valence-electron chi connectivity index (χ4n) is 2.75. The molecule has 3 aromatic carbocycles. The summed E-state index contributed by atoms with van der Waals surface area (Å²) in [5.74, 6) is -1.02. The van der Waals surface area contributed by atoms with Gasteiger partial charge in [-0.3, -0.25) is 4.79 Å². The molecule has 0 heterocycles. The number of hydrogen-bond acceptors (Lipinski definition) is 4. The third-order valence-corrected chi connectivity index (χ3v) is 4.27. The van der Waals surface area contributed by atoms with Crippen molar-refractivity contribution in [1.82, 2.24) is 5.32 Å². The van der Waals surface area contributed by atoms with Crippen LogP contribution in [-0.2, 0) is 10.3 Å². The highest BCUT2D eigenvalue weighted by Gasteiger charge is 2.42. The van der Waals surface area contributed by atoms with E-state index in [9.17, 15) is 19.8 Å². The summed E-state index contributed by atoms with van der Waals surface area (Å²) in [6.07, 6.45) is 0. The zero-order chi connectivity index (χ0) is 20.0. The Balaban J connectivity index is 1.94. The first-order valence-electron chi connectivity index (χ1n) is 8.60. The maximum Gasteiger partial charge on any atom is 0.336 e. The Hall–Kier alpha value is -3.64. The van der Waals surface area contributed by atoms with Crippen molar-refractivity contribution in [2.75, 3.05) is 6.61 Å². The van der Waals surface area contributed by atoms with Gasteiger partial charge in [0.05, 0.1) is 6.61 Å². The summed E-state index contributed by atoms with van der Waals surface area (Å²) < 4.78 is 5.74. The molecule has 0 saturated heterocycles. The minimum absolute atomic E-state index is 0.195. The Morgan fingerprint density at radius 3 is 2.07 bits per heavy atom. The van der Waals surface area contributed by atoms with E-state index in [1.54, 1.807) is 54.6 Å². The molecule has 6 heteroatoms. The average Bonchev–Trinajstić information content (AvgIpc) is 2.73. The fraction of sp³-hybridized carbons (Fsp3) is 0.0909. The van der Waals surface area contributed by atoms with Crippen molar-refractivity contribution in [2.24, 2.45) is 0 Å². The van der Waals surface area contributed by atoms with Crippen LogP contribution in [0.1, 0.15) is 15.9 Å². The van der Waals surface area contributed by atoms with Gasteiger partial charge < -0.3 is 20.3 Å². The Labute approximate surface area is 162 Å². The molecule has 0 aliphatic carbocycles. The van der Waals surface area contributed by atoms with E-state index in [0.717, 1.165) is 0 Å². The number of nitrogens with one attached hydrogen (secondary N) is 1. The summed E-state index contributed by atoms with van der Waals surface area (Å²) >= 11 is 0. The summed E-state index contributed by atoms with van der Waals surface area (Å²) in [6, 6.07) is 23.5. The van der Waals surface area contributed by atoms with Gasteiger partial charge in [0.1, 0.15) is 11.5 Å². The third kappa shape index (κ3) is 4.02. The number of rotatable bonds is 7. The lowest BCUT2D eigenvalue weighted by atomic mass is 9.90. The number of aliphatic carboxylic acids is 1. The molecule has 0 spiro atoms. The highest BCUT2D eigenvalue weighted by atomic mass is 16.5. The number of amides is 1. The van der Waals surface area contributed by atoms with Crippen molar-refractivity contribution < 1.29 is 24.5 Å². The molecule has 6 nitrogen and oxygen atoms in total. The fourth-order valence-corrected chi connectivity index (χ4v) is 2.75. The molecule has 0 bridgehead atoms. The lowest BCUT2D eigenvalue weighted by Crippen LogP contribution is -2.54. The van der Waals surface area contributed by atoms with E-state index in [1.165, 1.54) is 12.1 Å². The van der Waals surface area contributed by atoms with E-state index in [0.29, 0.717) is 17.1 Å². The summed E-state index contributed by atoms with van der Waals surface area (Å²) in [5, 5.41) is 22.2. The number of para-hydroxylation sites is 1. The second-order valence-corrected chi connectivity index (χ2v) is 6.13. The molecule has 0 aliphatic rings. The Morgan fingerprint density at radius 2 is 1.46 bits per heavy atom. The van der Waals surface area contributed by atoms with Crippen LogP contribution >= 0.6 is 0 Å². The summed E-state index contributed by atoms with van der Waals surface area (Å²) in [5.41, 5.74) is -1.53. The molecule has 142 valence electrons. The second-order valence-electron chi connectivity index (χ2n) is 6.13. The van der Waals surface area contributed by atoms with Crippen molar-refractivity contribution in [1.29, 1.82) is 0 Å².